The van der Waals surface area contributed by atoms with Crippen LogP contribution in [0.25, 0.3) is 0 Å². The zero-order valence-corrected chi connectivity index (χ0v) is 13.7. The largest absolute Gasteiger partial charge is 0.489 e. The molecular formula is C16H26O3S. The molecule has 0 saturated heterocycles. The lowest BCUT2D eigenvalue weighted by Gasteiger charge is -2.25. The molecule has 0 aliphatic carbocycles. The van der Waals surface area contributed by atoms with E-state index in [1.807, 2.05) is 6.92 Å². The summed E-state index contributed by atoms with van der Waals surface area (Å²) in [4.78, 5) is 22.6. The Labute approximate surface area is 126 Å². The van der Waals surface area contributed by atoms with Crippen LogP contribution in [-0.2, 0) is 14.3 Å². The van der Waals surface area contributed by atoms with Crippen LogP contribution in [-0.4, -0.2) is 22.3 Å². The highest BCUT2D eigenvalue weighted by Crippen LogP contribution is 2.43. The van der Waals surface area contributed by atoms with Gasteiger partial charge in [-0.1, -0.05) is 57.2 Å². The van der Waals surface area contributed by atoms with E-state index in [2.05, 4.69) is 6.92 Å². The third kappa shape index (κ3) is 5.70. The fraction of sp³-hybridized carbons (Fsp3) is 0.750. The number of unbranched alkanes of at least 4 members (excludes halogenated alkanes) is 5. The van der Waals surface area contributed by atoms with Crippen LogP contribution in [0.5, 0.6) is 0 Å². The molecule has 3 nitrogen and oxygen atoms in total. The van der Waals surface area contributed by atoms with Crippen LogP contribution in [0.4, 0.5) is 0 Å². The molecule has 0 amide bonds. The Morgan fingerprint density at radius 2 is 1.90 bits per heavy atom. The Balaban J connectivity index is 2.38. The third-order valence-corrected chi connectivity index (χ3v) is 4.71. The van der Waals surface area contributed by atoms with Gasteiger partial charge in [0, 0.05) is 6.08 Å². The Morgan fingerprint density at radius 1 is 1.25 bits per heavy atom. The molecule has 114 valence electrons. The predicted molar refractivity (Wildman–Crippen MR) is 83.7 cm³/mol. The zero-order valence-electron chi connectivity index (χ0n) is 12.9. The van der Waals surface area contributed by atoms with Crippen LogP contribution in [0.2, 0.25) is 0 Å². The van der Waals surface area contributed by atoms with Crippen LogP contribution >= 0.6 is 11.8 Å². The van der Waals surface area contributed by atoms with Gasteiger partial charge < -0.3 is 4.74 Å². The van der Waals surface area contributed by atoms with Gasteiger partial charge in [0.25, 0.3) is 0 Å². The summed E-state index contributed by atoms with van der Waals surface area (Å²) < 4.78 is 5.24. The molecule has 0 aromatic rings. The van der Waals surface area contributed by atoms with Gasteiger partial charge in [-0.25, -0.2) is 0 Å². The first-order valence-electron chi connectivity index (χ1n) is 7.55. The summed E-state index contributed by atoms with van der Waals surface area (Å²) in [5, 5.41) is 0.0389. The average Bonchev–Trinajstić information content (AvgIpc) is 2.66. The Morgan fingerprint density at radius 3 is 2.55 bits per heavy atom. The average molecular weight is 298 g/mol. The van der Waals surface area contributed by atoms with E-state index >= 15 is 0 Å². The molecule has 0 radical (unpaired) electrons. The predicted octanol–water partition coefficient (Wildman–Crippen LogP) is 4.26. The minimum Gasteiger partial charge on any atom is -0.489 e. The number of ketones is 1. The molecule has 1 heterocycles. The van der Waals surface area contributed by atoms with E-state index in [9.17, 15) is 9.59 Å². The van der Waals surface area contributed by atoms with Crippen LogP contribution < -0.4 is 0 Å². The number of ether oxygens (including phenoxy) is 1. The van der Waals surface area contributed by atoms with Crippen molar-refractivity contribution in [2.45, 2.75) is 70.5 Å². The van der Waals surface area contributed by atoms with Gasteiger partial charge in [0.2, 0.25) is 5.12 Å². The maximum absolute atomic E-state index is 11.6. The van der Waals surface area contributed by atoms with E-state index in [0.717, 1.165) is 12.8 Å². The van der Waals surface area contributed by atoms with Gasteiger partial charge in [0.15, 0.2) is 5.78 Å². The number of hydrogen-bond donors (Lipinski definition) is 0. The van der Waals surface area contributed by atoms with E-state index in [-0.39, 0.29) is 22.3 Å². The number of thioether (sulfide) groups is 1. The van der Waals surface area contributed by atoms with E-state index in [1.165, 1.54) is 50.8 Å². The molecule has 0 fully saturated rings. The molecule has 1 aliphatic rings. The lowest BCUT2D eigenvalue weighted by molar-refractivity contribution is -0.120. The van der Waals surface area contributed by atoms with Crippen molar-refractivity contribution in [2.75, 3.05) is 6.61 Å². The van der Waals surface area contributed by atoms with Crippen molar-refractivity contribution in [1.82, 2.24) is 0 Å². The summed E-state index contributed by atoms with van der Waals surface area (Å²) in [6, 6.07) is 0. The van der Waals surface area contributed by atoms with Gasteiger partial charge in [0.1, 0.15) is 12.4 Å². The SMILES string of the molecule is CCCCCCCC[C@@]1(C)SC(=O)C=C1OCC(C)=O. The number of carbonyl (C=O) groups excluding carboxylic acids is 2. The highest BCUT2D eigenvalue weighted by molar-refractivity contribution is 8.15. The van der Waals surface area contributed by atoms with Crippen LogP contribution in [0.3, 0.4) is 0 Å². The van der Waals surface area contributed by atoms with Gasteiger partial charge in [-0.15, -0.1) is 0 Å². The third-order valence-electron chi connectivity index (χ3n) is 3.53. The maximum atomic E-state index is 11.6. The fourth-order valence-electron chi connectivity index (χ4n) is 2.35. The molecule has 0 aromatic carbocycles. The van der Waals surface area contributed by atoms with Crippen molar-refractivity contribution in [2.24, 2.45) is 0 Å². The molecule has 0 unspecified atom stereocenters. The Kier molecular flexibility index (Phi) is 7.35. The van der Waals surface area contributed by atoms with Crippen molar-refractivity contribution in [1.29, 1.82) is 0 Å². The molecule has 0 bridgehead atoms. The molecule has 1 atom stereocenters. The van der Waals surface area contributed by atoms with Crippen molar-refractivity contribution in [3.8, 4) is 0 Å². The van der Waals surface area contributed by atoms with E-state index in [4.69, 9.17) is 4.74 Å². The Hall–Kier alpha value is -0.770. The summed E-state index contributed by atoms with van der Waals surface area (Å²) >= 11 is 1.33. The van der Waals surface area contributed by atoms with Crippen LogP contribution in [0.1, 0.15) is 65.7 Å². The summed E-state index contributed by atoms with van der Waals surface area (Å²) in [6.45, 7) is 5.81. The summed E-state index contributed by atoms with van der Waals surface area (Å²) in [5.74, 6) is 0.661. The molecular weight excluding hydrogens is 272 g/mol. The molecule has 0 N–H and O–H groups in total. The molecule has 1 aliphatic heterocycles. The zero-order chi connectivity index (χ0) is 15.0. The minimum atomic E-state index is -0.280. The monoisotopic (exact) mass is 298 g/mol. The van der Waals surface area contributed by atoms with E-state index < -0.39 is 0 Å². The van der Waals surface area contributed by atoms with Crippen LogP contribution in [0, 0.1) is 0 Å². The molecule has 20 heavy (non-hydrogen) atoms. The topological polar surface area (TPSA) is 43.4 Å². The molecule has 4 heteroatoms. The first-order chi connectivity index (χ1) is 9.48. The van der Waals surface area contributed by atoms with Crippen molar-refractivity contribution in [3.05, 3.63) is 11.8 Å². The van der Waals surface area contributed by atoms with E-state index in [1.54, 1.807) is 6.08 Å². The summed E-state index contributed by atoms with van der Waals surface area (Å²) in [6.07, 6.45) is 9.89. The molecule has 0 saturated carbocycles. The Bertz CT molecular complexity index is 376. The fourth-order valence-corrected chi connectivity index (χ4v) is 3.43. The first kappa shape index (κ1) is 17.3. The lowest BCUT2D eigenvalue weighted by Crippen LogP contribution is -2.23. The normalized spacial score (nSPS) is 21.9. The second-order valence-corrected chi connectivity index (χ2v) is 7.18. The van der Waals surface area contributed by atoms with Gasteiger partial charge in [0.05, 0.1) is 4.75 Å². The highest BCUT2D eigenvalue weighted by atomic mass is 32.2. The molecule has 0 aromatic heterocycles. The molecule has 1 rings (SSSR count). The standard InChI is InChI=1S/C16H26O3S/c1-4-5-6-7-8-9-10-16(3)14(11-15(18)20-16)19-12-13(2)17/h11H,4-10,12H2,1-3H3/t16-/m1/s1. The quantitative estimate of drug-likeness (QED) is 0.565. The number of Topliss-reactive ketones (excluding diaryl/α,β-unsaturated/α-hetero) is 1. The smallest absolute Gasteiger partial charge is 0.216 e. The van der Waals surface area contributed by atoms with Crippen molar-refractivity contribution < 1.29 is 14.3 Å². The maximum Gasteiger partial charge on any atom is 0.216 e. The van der Waals surface area contributed by atoms with Crippen molar-refractivity contribution >= 4 is 22.7 Å². The van der Waals surface area contributed by atoms with Gasteiger partial charge >= 0.3 is 0 Å². The molecule has 0 spiro atoms. The van der Waals surface area contributed by atoms with Gasteiger partial charge in [-0.2, -0.15) is 0 Å². The summed E-state index contributed by atoms with van der Waals surface area (Å²) in [5.41, 5.74) is 0. The highest BCUT2D eigenvalue weighted by Gasteiger charge is 2.39. The number of carbonyl (C=O) groups is 2. The van der Waals surface area contributed by atoms with Crippen molar-refractivity contribution in [3.63, 3.8) is 0 Å². The van der Waals surface area contributed by atoms with Gasteiger partial charge in [-0.05, 0) is 20.3 Å². The van der Waals surface area contributed by atoms with E-state index in [0.29, 0.717) is 5.76 Å². The second-order valence-electron chi connectivity index (χ2n) is 5.67. The van der Waals surface area contributed by atoms with Gasteiger partial charge in [-0.3, -0.25) is 9.59 Å². The lowest BCUT2D eigenvalue weighted by atomic mass is 9.99. The summed E-state index contributed by atoms with van der Waals surface area (Å²) in [7, 11) is 0. The number of hydrogen-bond acceptors (Lipinski definition) is 4. The van der Waals surface area contributed by atoms with Crippen LogP contribution in [0.15, 0.2) is 11.8 Å². The second kappa shape index (κ2) is 8.50. The minimum absolute atomic E-state index is 0.0165. The number of rotatable bonds is 10. The first-order valence-corrected chi connectivity index (χ1v) is 8.37.